The van der Waals surface area contributed by atoms with Crippen molar-refractivity contribution in [3.63, 3.8) is 0 Å². The zero-order valence-corrected chi connectivity index (χ0v) is 7.87. The molecule has 1 rings (SSSR count). The molecule has 0 aromatic heterocycles. The lowest BCUT2D eigenvalue weighted by atomic mass is 10.1. The molecule has 0 bridgehead atoms. The number of nitrogens with two attached hydrogens (primary N) is 1. The van der Waals surface area contributed by atoms with Crippen LogP contribution < -0.4 is 11.1 Å². The van der Waals surface area contributed by atoms with Crippen molar-refractivity contribution in [2.24, 2.45) is 0 Å². The Kier molecular flexibility index (Phi) is 2.59. The molecular weight excluding hydrogens is 193 g/mol. The second-order valence-corrected chi connectivity index (χ2v) is 2.95. The minimum Gasteiger partial charge on any atom is -0.397 e. The maximum atomic E-state index is 12.4. The van der Waals surface area contributed by atoms with Crippen LogP contribution >= 0.6 is 0 Å². The molecule has 0 heterocycles. The fourth-order valence-electron chi connectivity index (χ4n) is 1.25. The molecule has 0 spiro atoms. The summed E-state index contributed by atoms with van der Waals surface area (Å²) in [5.74, 6) is 0. The summed E-state index contributed by atoms with van der Waals surface area (Å²) < 4.78 is 37.2. The number of nitrogen functional groups attached to an aromatic ring is 1. The summed E-state index contributed by atoms with van der Waals surface area (Å²) in [4.78, 5) is 0. The molecule has 0 atom stereocenters. The van der Waals surface area contributed by atoms with E-state index in [2.05, 4.69) is 5.32 Å². The highest BCUT2D eigenvalue weighted by atomic mass is 19.4. The van der Waals surface area contributed by atoms with Gasteiger partial charge in [0.05, 0.1) is 16.9 Å². The normalized spacial score (nSPS) is 11.5. The maximum Gasteiger partial charge on any atom is 0.416 e. The third-order valence-electron chi connectivity index (χ3n) is 2.09. The molecule has 0 aliphatic heterocycles. The monoisotopic (exact) mass is 204 g/mol. The van der Waals surface area contributed by atoms with Gasteiger partial charge in [-0.2, -0.15) is 13.2 Å². The van der Waals surface area contributed by atoms with Gasteiger partial charge in [0.25, 0.3) is 0 Å². The second kappa shape index (κ2) is 3.40. The van der Waals surface area contributed by atoms with E-state index >= 15 is 0 Å². The molecule has 78 valence electrons. The first-order chi connectivity index (χ1) is 6.38. The van der Waals surface area contributed by atoms with Gasteiger partial charge in [0.2, 0.25) is 0 Å². The quantitative estimate of drug-likeness (QED) is 0.690. The van der Waals surface area contributed by atoms with Crippen LogP contribution in [0.3, 0.4) is 0 Å². The van der Waals surface area contributed by atoms with Crippen LogP contribution in [0.1, 0.15) is 11.1 Å². The van der Waals surface area contributed by atoms with Crippen molar-refractivity contribution in [3.05, 3.63) is 23.3 Å². The Labute approximate surface area is 79.9 Å². The number of anilines is 2. The SMILES string of the molecule is CNc1ccc(C(F)(F)F)c(C)c1N. The van der Waals surface area contributed by atoms with Gasteiger partial charge in [-0.1, -0.05) is 0 Å². The van der Waals surface area contributed by atoms with Crippen LogP contribution in [-0.4, -0.2) is 7.05 Å². The number of hydrogen-bond acceptors (Lipinski definition) is 2. The van der Waals surface area contributed by atoms with E-state index in [4.69, 9.17) is 5.73 Å². The molecule has 0 amide bonds. The molecule has 0 saturated carbocycles. The van der Waals surface area contributed by atoms with E-state index < -0.39 is 11.7 Å². The van der Waals surface area contributed by atoms with Gasteiger partial charge >= 0.3 is 6.18 Å². The average molecular weight is 204 g/mol. The molecule has 0 aliphatic rings. The molecule has 0 aliphatic carbocycles. The second-order valence-electron chi connectivity index (χ2n) is 2.95. The van der Waals surface area contributed by atoms with Gasteiger partial charge in [-0.3, -0.25) is 0 Å². The topological polar surface area (TPSA) is 38.0 Å². The van der Waals surface area contributed by atoms with Crippen LogP contribution in [0.4, 0.5) is 24.5 Å². The van der Waals surface area contributed by atoms with Gasteiger partial charge in [0, 0.05) is 7.05 Å². The highest BCUT2D eigenvalue weighted by Crippen LogP contribution is 2.36. The van der Waals surface area contributed by atoms with Crippen LogP contribution in [-0.2, 0) is 6.18 Å². The first-order valence-electron chi connectivity index (χ1n) is 4.02. The van der Waals surface area contributed by atoms with E-state index in [9.17, 15) is 13.2 Å². The number of nitrogens with one attached hydrogen (secondary N) is 1. The molecule has 0 saturated heterocycles. The largest absolute Gasteiger partial charge is 0.416 e. The van der Waals surface area contributed by atoms with Crippen molar-refractivity contribution in [1.82, 2.24) is 0 Å². The number of halogens is 3. The Hall–Kier alpha value is -1.39. The van der Waals surface area contributed by atoms with E-state index in [1.54, 1.807) is 7.05 Å². The van der Waals surface area contributed by atoms with E-state index in [1.165, 1.54) is 13.0 Å². The van der Waals surface area contributed by atoms with E-state index in [0.29, 0.717) is 5.69 Å². The number of rotatable bonds is 1. The Balaban J connectivity index is 3.31. The predicted octanol–water partition coefficient (Wildman–Crippen LogP) is 2.64. The summed E-state index contributed by atoms with van der Waals surface area (Å²) in [5.41, 5.74) is 5.55. The Bertz CT molecular complexity index is 345. The average Bonchev–Trinajstić information content (AvgIpc) is 2.07. The molecular formula is C9H11F3N2. The summed E-state index contributed by atoms with van der Waals surface area (Å²) in [7, 11) is 1.61. The van der Waals surface area contributed by atoms with Gasteiger partial charge < -0.3 is 11.1 Å². The van der Waals surface area contributed by atoms with Crippen LogP contribution in [0.25, 0.3) is 0 Å². The zero-order valence-electron chi connectivity index (χ0n) is 7.87. The molecule has 0 unspecified atom stereocenters. The third-order valence-corrected chi connectivity index (χ3v) is 2.09. The number of hydrogen-bond donors (Lipinski definition) is 2. The van der Waals surface area contributed by atoms with Gasteiger partial charge in [0.1, 0.15) is 0 Å². The summed E-state index contributed by atoms with van der Waals surface area (Å²) in [5, 5.41) is 2.72. The van der Waals surface area contributed by atoms with Crippen LogP contribution in [0, 0.1) is 6.92 Å². The zero-order chi connectivity index (χ0) is 10.9. The van der Waals surface area contributed by atoms with Crippen molar-refractivity contribution in [3.8, 4) is 0 Å². The van der Waals surface area contributed by atoms with Crippen LogP contribution in [0.15, 0.2) is 12.1 Å². The van der Waals surface area contributed by atoms with Gasteiger partial charge in [-0.25, -0.2) is 0 Å². The molecule has 0 radical (unpaired) electrons. The molecule has 0 fully saturated rings. The van der Waals surface area contributed by atoms with Crippen molar-refractivity contribution in [2.75, 3.05) is 18.1 Å². The summed E-state index contributed by atoms with van der Waals surface area (Å²) in [6.45, 7) is 1.36. The Morgan fingerprint density at radius 2 is 1.86 bits per heavy atom. The van der Waals surface area contributed by atoms with Gasteiger partial charge in [0.15, 0.2) is 0 Å². The van der Waals surface area contributed by atoms with E-state index in [1.807, 2.05) is 0 Å². The predicted molar refractivity (Wildman–Crippen MR) is 50.1 cm³/mol. The molecule has 3 N–H and O–H groups in total. The lowest BCUT2D eigenvalue weighted by Crippen LogP contribution is -2.10. The maximum absolute atomic E-state index is 12.4. The molecule has 1 aromatic rings. The minimum absolute atomic E-state index is 0.0596. The number of alkyl halides is 3. The van der Waals surface area contributed by atoms with Crippen molar-refractivity contribution >= 4 is 11.4 Å². The van der Waals surface area contributed by atoms with Crippen molar-refractivity contribution in [1.29, 1.82) is 0 Å². The van der Waals surface area contributed by atoms with E-state index in [0.717, 1.165) is 6.07 Å². The summed E-state index contributed by atoms with van der Waals surface area (Å²) in [6, 6.07) is 2.35. The lowest BCUT2D eigenvalue weighted by Gasteiger charge is -2.14. The first kappa shape index (κ1) is 10.7. The summed E-state index contributed by atoms with van der Waals surface area (Å²) >= 11 is 0. The fourth-order valence-corrected chi connectivity index (χ4v) is 1.25. The Morgan fingerprint density at radius 3 is 2.29 bits per heavy atom. The van der Waals surface area contributed by atoms with Crippen LogP contribution in [0.2, 0.25) is 0 Å². The minimum atomic E-state index is -4.34. The van der Waals surface area contributed by atoms with Crippen molar-refractivity contribution < 1.29 is 13.2 Å². The Morgan fingerprint density at radius 1 is 1.29 bits per heavy atom. The van der Waals surface area contributed by atoms with Crippen molar-refractivity contribution in [2.45, 2.75) is 13.1 Å². The summed E-state index contributed by atoms with van der Waals surface area (Å²) in [6.07, 6.45) is -4.34. The van der Waals surface area contributed by atoms with Gasteiger partial charge in [-0.15, -0.1) is 0 Å². The highest BCUT2D eigenvalue weighted by Gasteiger charge is 2.33. The molecule has 1 aromatic carbocycles. The fraction of sp³-hybridized carbons (Fsp3) is 0.333. The molecule has 14 heavy (non-hydrogen) atoms. The lowest BCUT2D eigenvalue weighted by molar-refractivity contribution is -0.138. The standard InChI is InChI=1S/C9H11F3N2/c1-5-6(9(10,11)12)3-4-7(14-2)8(5)13/h3-4,14H,13H2,1-2H3. The number of benzene rings is 1. The van der Waals surface area contributed by atoms with E-state index in [-0.39, 0.29) is 11.3 Å². The molecule has 2 nitrogen and oxygen atoms in total. The first-order valence-corrected chi connectivity index (χ1v) is 4.02. The highest BCUT2D eigenvalue weighted by molar-refractivity contribution is 5.71. The van der Waals surface area contributed by atoms with Crippen LogP contribution in [0.5, 0.6) is 0 Å². The smallest absolute Gasteiger partial charge is 0.397 e. The van der Waals surface area contributed by atoms with Gasteiger partial charge in [-0.05, 0) is 24.6 Å². The molecule has 5 heteroatoms. The third kappa shape index (κ3) is 1.76.